The molecule has 4 atom stereocenters. The molecule has 0 saturated carbocycles. The first kappa shape index (κ1) is 16.9. The second-order valence-electron chi connectivity index (χ2n) is 7.85. The third-order valence-corrected chi connectivity index (χ3v) is 6.52. The summed E-state index contributed by atoms with van der Waals surface area (Å²) in [5.41, 5.74) is 1.22. The first-order chi connectivity index (χ1) is 13.2. The van der Waals surface area contributed by atoms with Crippen LogP contribution in [-0.4, -0.2) is 37.4 Å². The molecule has 0 aliphatic carbocycles. The summed E-state index contributed by atoms with van der Waals surface area (Å²) in [6, 6.07) is 13.9. The zero-order valence-corrected chi connectivity index (χ0v) is 15.4. The van der Waals surface area contributed by atoms with E-state index in [1.165, 1.54) is 18.4 Å². The van der Waals surface area contributed by atoms with Gasteiger partial charge in [-0.2, -0.15) is 0 Å². The molecule has 3 heterocycles. The fourth-order valence-corrected chi connectivity index (χ4v) is 5.06. The number of rotatable bonds is 4. The Balaban J connectivity index is 1.37. The maximum atomic E-state index is 13.4. The third-order valence-electron chi connectivity index (χ3n) is 6.52. The summed E-state index contributed by atoms with van der Waals surface area (Å²) in [4.78, 5) is 2.52. The Morgan fingerprint density at radius 2 is 1.89 bits per heavy atom. The lowest BCUT2D eigenvalue weighted by Crippen LogP contribution is -2.47. The summed E-state index contributed by atoms with van der Waals surface area (Å²) < 4.78 is 30.4. The third kappa shape index (κ3) is 3.04. The second-order valence-corrected chi connectivity index (χ2v) is 7.85. The van der Waals surface area contributed by atoms with Gasteiger partial charge in [0, 0.05) is 24.1 Å². The highest BCUT2D eigenvalue weighted by Gasteiger charge is 2.46. The monoisotopic (exact) mass is 369 g/mol. The van der Waals surface area contributed by atoms with Crippen LogP contribution in [0.25, 0.3) is 0 Å². The number of fused-ring (bicyclic) bond motifs is 3. The van der Waals surface area contributed by atoms with Crippen LogP contribution in [0.15, 0.2) is 42.5 Å². The minimum absolute atomic E-state index is 0.178. The fourth-order valence-electron chi connectivity index (χ4n) is 5.06. The van der Waals surface area contributed by atoms with Gasteiger partial charge in [-0.15, -0.1) is 0 Å². The van der Waals surface area contributed by atoms with Crippen molar-refractivity contribution in [2.75, 3.05) is 20.4 Å². The molecule has 2 aromatic rings. The van der Waals surface area contributed by atoms with E-state index in [-0.39, 0.29) is 12.6 Å². The molecule has 2 aromatic carbocycles. The Bertz CT molecular complexity index is 825. The maximum absolute atomic E-state index is 13.4. The molecule has 5 rings (SSSR count). The average molecular weight is 369 g/mol. The molecule has 0 radical (unpaired) electrons. The lowest BCUT2D eigenvalue weighted by molar-refractivity contribution is 0.0665. The van der Waals surface area contributed by atoms with Crippen molar-refractivity contribution in [3.63, 3.8) is 0 Å². The highest BCUT2D eigenvalue weighted by Crippen LogP contribution is 2.46. The van der Waals surface area contributed by atoms with Gasteiger partial charge >= 0.3 is 0 Å². The van der Waals surface area contributed by atoms with Crippen molar-refractivity contribution in [3.8, 4) is 17.2 Å². The largest absolute Gasteiger partial charge is 0.493 e. The van der Waals surface area contributed by atoms with Crippen LogP contribution < -0.4 is 14.2 Å². The molecule has 5 heteroatoms. The summed E-state index contributed by atoms with van der Waals surface area (Å²) in [5.74, 6) is 2.91. The fraction of sp³-hybridized carbons (Fsp3) is 0.455. The molecule has 0 aromatic heterocycles. The van der Waals surface area contributed by atoms with Crippen LogP contribution in [0.1, 0.15) is 30.7 Å². The Labute approximate surface area is 158 Å². The minimum Gasteiger partial charge on any atom is -0.493 e. The zero-order valence-electron chi connectivity index (χ0n) is 15.4. The smallest absolute Gasteiger partial charge is 0.231 e. The van der Waals surface area contributed by atoms with Crippen LogP contribution in [0.5, 0.6) is 17.2 Å². The van der Waals surface area contributed by atoms with Gasteiger partial charge in [0.15, 0.2) is 11.5 Å². The number of piperidine rings is 1. The van der Waals surface area contributed by atoms with Crippen molar-refractivity contribution in [1.82, 2.24) is 4.90 Å². The van der Waals surface area contributed by atoms with E-state index in [0.29, 0.717) is 30.5 Å². The van der Waals surface area contributed by atoms with Crippen molar-refractivity contribution in [1.29, 1.82) is 0 Å². The van der Waals surface area contributed by atoms with E-state index >= 15 is 0 Å². The predicted molar refractivity (Wildman–Crippen MR) is 99.9 cm³/mol. The van der Waals surface area contributed by atoms with Crippen molar-refractivity contribution >= 4 is 0 Å². The number of halogens is 1. The van der Waals surface area contributed by atoms with E-state index in [2.05, 4.69) is 11.9 Å². The number of benzene rings is 2. The number of ether oxygens (including phenoxy) is 3. The average Bonchev–Trinajstić information content (AvgIpc) is 3.23. The lowest BCUT2D eigenvalue weighted by atomic mass is 9.76. The molecular weight excluding hydrogens is 345 g/mol. The maximum Gasteiger partial charge on any atom is 0.231 e. The molecule has 4 nitrogen and oxygen atoms in total. The van der Waals surface area contributed by atoms with Gasteiger partial charge in [0.2, 0.25) is 6.79 Å². The van der Waals surface area contributed by atoms with Gasteiger partial charge in [0.05, 0.1) is 6.61 Å². The predicted octanol–water partition coefficient (Wildman–Crippen LogP) is 4.20. The molecule has 3 aliphatic rings. The summed E-state index contributed by atoms with van der Waals surface area (Å²) in [6.45, 7) is 0.908. The molecule has 0 N–H and O–H groups in total. The van der Waals surface area contributed by atoms with Crippen LogP contribution >= 0.6 is 0 Å². The van der Waals surface area contributed by atoms with Gasteiger partial charge in [-0.3, -0.25) is 0 Å². The van der Waals surface area contributed by atoms with Crippen molar-refractivity contribution in [2.24, 2.45) is 5.92 Å². The Kier molecular flexibility index (Phi) is 4.20. The molecule has 3 aliphatic heterocycles. The Morgan fingerprint density at radius 1 is 1.07 bits per heavy atom. The van der Waals surface area contributed by atoms with E-state index in [0.717, 1.165) is 23.7 Å². The molecule has 2 fully saturated rings. The summed E-state index contributed by atoms with van der Waals surface area (Å²) in [6.07, 6.45) is 3.54. The number of hydrogen-bond acceptors (Lipinski definition) is 4. The zero-order chi connectivity index (χ0) is 18.4. The van der Waals surface area contributed by atoms with Gasteiger partial charge in [0.25, 0.3) is 0 Å². The normalized spacial score (nSPS) is 29.1. The van der Waals surface area contributed by atoms with Crippen molar-refractivity contribution in [3.05, 3.63) is 53.8 Å². The van der Waals surface area contributed by atoms with Crippen molar-refractivity contribution in [2.45, 2.75) is 37.3 Å². The Hall–Kier alpha value is -2.27. The molecule has 0 amide bonds. The second kappa shape index (κ2) is 6.71. The Morgan fingerprint density at radius 3 is 2.74 bits per heavy atom. The van der Waals surface area contributed by atoms with Gasteiger partial charge in [-0.05, 0) is 62.1 Å². The van der Waals surface area contributed by atoms with E-state index in [4.69, 9.17) is 14.2 Å². The van der Waals surface area contributed by atoms with Gasteiger partial charge in [0.1, 0.15) is 11.6 Å². The van der Waals surface area contributed by atoms with E-state index < -0.39 is 0 Å². The number of nitrogens with zero attached hydrogens (tertiary/aromatic N) is 1. The quantitative estimate of drug-likeness (QED) is 0.808. The molecule has 0 spiro atoms. The topological polar surface area (TPSA) is 30.9 Å². The summed E-state index contributed by atoms with van der Waals surface area (Å²) in [7, 11) is 2.23. The van der Waals surface area contributed by atoms with Crippen LogP contribution in [0, 0.1) is 11.7 Å². The highest BCUT2D eigenvalue weighted by molar-refractivity contribution is 5.46. The van der Waals surface area contributed by atoms with E-state index in [1.54, 1.807) is 12.1 Å². The summed E-state index contributed by atoms with van der Waals surface area (Å²) >= 11 is 0. The standard InChI is InChI=1S/C22H24FNO3/c1-24-16-6-8-20(24)19(18(10-16)14-2-4-15(23)5-3-14)12-25-17-7-9-21-22(11-17)27-13-26-21/h2-5,7,9,11,16,18-20H,6,8,10,12-13H2,1H3. The van der Waals surface area contributed by atoms with Gasteiger partial charge < -0.3 is 19.1 Å². The molecule has 2 saturated heterocycles. The highest BCUT2D eigenvalue weighted by atomic mass is 19.1. The molecule has 4 unspecified atom stereocenters. The van der Waals surface area contributed by atoms with Crippen LogP contribution in [0.2, 0.25) is 0 Å². The molecule has 142 valence electrons. The lowest BCUT2D eigenvalue weighted by Gasteiger charge is -2.43. The van der Waals surface area contributed by atoms with Crippen molar-refractivity contribution < 1.29 is 18.6 Å². The SMILES string of the molecule is CN1C2CCC1C(COc1ccc3c(c1)OCO3)C(c1ccc(F)cc1)C2. The first-order valence-corrected chi connectivity index (χ1v) is 9.69. The molecular formula is C22H24FNO3. The van der Waals surface area contributed by atoms with Crippen LogP contribution in [0.3, 0.4) is 0 Å². The molecule has 27 heavy (non-hydrogen) atoms. The van der Waals surface area contributed by atoms with E-state index in [1.807, 2.05) is 30.3 Å². The number of hydrogen-bond donors (Lipinski definition) is 0. The summed E-state index contributed by atoms with van der Waals surface area (Å²) in [5, 5.41) is 0. The van der Waals surface area contributed by atoms with Gasteiger partial charge in [-0.1, -0.05) is 12.1 Å². The minimum atomic E-state index is -0.178. The van der Waals surface area contributed by atoms with E-state index in [9.17, 15) is 4.39 Å². The van der Waals surface area contributed by atoms with Crippen LogP contribution in [0.4, 0.5) is 4.39 Å². The van der Waals surface area contributed by atoms with Gasteiger partial charge in [-0.25, -0.2) is 4.39 Å². The van der Waals surface area contributed by atoms with Crippen LogP contribution in [-0.2, 0) is 0 Å². The molecule has 2 bridgehead atoms. The first-order valence-electron chi connectivity index (χ1n) is 9.69.